The van der Waals surface area contributed by atoms with E-state index in [9.17, 15) is 9.59 Å². The van der Waals surface area contributed by atoms with Crippen molar-refractivity contribution in [3.05, 3.63) is 70.1 Å². The predicted octanol–water partition coefficient (Wildman–Crippen LogP) is 3.67. The van der Waals surface area contributed by atoms with Gasteiger partial charge in [-0.05, 0) is 55.9 Å². The summed E-state index contributed by atoms with van der Waals surface area (Å²) in [4.78, 5) is 30.2. The second-order valence-electron chi connectivity index (χ2n) is 9.37. The van der Waals surface area contributed by atoms with Crippen molar-refractivity contribution < 1.29 is 19.0 Å². The number of aromatic nitrogens is 3. The monoisotopic (exact) mass is 520 g/mol. The normalized spacial score (nSPS) is 13.9. The highest BCUT2D eigenvalue weighted by Crippen LogP contribution is 2.31. The number of carbonyl (C=O) groups excluding carboxylic acids is 1. The molecule has 0 aliphatic carbocycles. The average molecular weight is 521 g/mol. The van der Waals surface area contributed by atoms with Gasteiger partial charge in [-0.15, -0.1) is 10.2 Å². The molecule has 0 bridgehead atoms. The molecular weight excluding hydrogens is 484 g/mol. The maximum atomic E-state index is 12.8. The van der Waals surface area contributed by atoms with Gasteiger partial charge >= 0.3 is 0 Å². The number of nitrogens with zero attached hydrogens (tertiary/aromatic N) is 3. The van der Waals surface area contributed by atoms with Gasteiger partial charge in [-0.2, -0.15) is 0 Å². The number of H-pyrrole nitrogens is 1. The average Bonchev–Trinajstić information content (AvgIpc) is 2.95. The summed E-state index contributed by atoms with van der Waals surface area (Å²) in [5, 5.41) is 8.32. The number of amides is 1. The molecule has 1 N–H and O–H groups in total. The zero-order valence-electron chi connectivity index (χ0n) is 22.2. The smallest absolute Gasteiger partial charge is 0.273 e. The molecule has 38 heavy (non-hydrogen) atoms. The lowest BCUT2D eigenvalue weighted by molar-refractivity contribution is -0.132. The lowest BCUT2D eigenvalue weighted by Crippen LogP contribution is -2.39. The number of aryl methyl sites for hydroxylation is 1. The Morgan fingerprint density at radius 2 is 1.84 bits per heavy atom. The van der Waals surface area contributed by atoms with Crippen LogP contribution >= 0.6 is 0 Å². The molecule has 0 atom stereocenters. The van der Waals surface area contributed by atoms with Crippen LogP contribution in [-0.2, 0) is 22.4 Å². The summed E-state index contributed by atoms with van der Waals surface area (Å²) in [5.41, 5.74) is 1.90. The van der Waals surface area contributed by atoms with Crippen molar-refractivity contribution in [3.63, 3.8) is 0 Å². The fraction of sp³-hybridized carbons (Fsp3) is 0.448. The van der Waals surface area contributed by atoms with Crippen molar-refractivity contribution in [1.29, 1.82) is 0 Å². The molecule has 1 aromatic heterocycles. The number of likely N-dealkylation sites (tertiary alicyclic amines) is 1. The zero-order valence-corrected chi connectivity index (χ0v) is 22.2. The molecule has 0 saturated carbocycles. The molecule has 9 nitrogen and oxygen atoms in total. The van der Waals surface area contributed by atoms with Crippen LogP contribution in [0.4, 0.5) is 0 Å². The van der Waals surface area contributed by atoms with E-state index < -0.39 is 0 Å². The number of rotatable bonds is 12. The van der Waals surface area contributed by atoms with Crippen LogP contribution in [0.5, 0.6) is 11.5 Å². The van der Waals surface area contributed by atoms with Crippen LogP contribution in [0.2, 0.25) is 0 Å². The quantitative estimate of drug-likeness (QED) is 0.363. The van der Waals surface area contributed by atoms with Gasteiger partial charge in [0.15, 0.2) is 17.3 Å². The molecule has 2 heterocycles. The summed E-state index contributed by atoms with van der Waals surface area (Å²) < 4.78 is 16.4. The van der Waals surface area contributed by atoms with Crippen molar-refractivity contribution in [2.24, 2.45) is 5.92 Å². The van der Waals surface area contributed by atoms with E-state index in [1.807, 2.05) is 17.9 Å². The third-order valence-electron chi connectivity index (χ3n) is 6.80. The first-order valence-electron chi connectivity index (χ1n) is 13.2. The fourth-order valence-electron chi connectivity index (χ4n) is 4.66. The molecule has 1 saturated heterocycles. The number of benzene rings is 2. The largest absolute Gasteiger partial charge is 0.493 e. The number of nitrogens with one attached hydrogen (secondary N) is 1. The molecule has 0 radical (unpaired) electrons. The van der Waals surface area contributed by atoms with Gasteiger partial charge in [0.1, 0.15) is 12.3 Å². The van der Waals surface area contributed by atoms with E-state index in [2.05, 4.69) is 39.4 Å². The number of aromatic amines is 1. The van der Waals surface area contributed by atoms with Gasteiger partial charge in [0, 0.05) is 38.1 Å². The number of hydrogen-bond acceptors (Lipinski definition) is 7. The maximum absolute atomic E-state index is 12.8. The van der Waals surface area contributed by atoms with Crippen molar-refractivity contribution in [3.8, 4) is 22.9 Å². The van der Waals surface area contributed by atoms with Gasteiger partial charge in [0.05, 0.1) is 13.7 Å². The second-order valence-corrected chi connectivity index (χ2v) is 9.37. The Kier molecular flexibility index (Phi) is 9.86. The molecule has 9 heteroatoms. The minimum Gasteiger partial charge on any atom is -0.493 e. The van der Waals surface area contributed by atoms with Crippen molar-refractivity contribution in [2.45, 2.75) is 39.0 Å². The Bertz CT molecular complexity index is 1240. The Balaban J connectivity index is 1.29. The number of methoxy groups -OCH3 is 1. The van der Waals surface area contributed by atoms with Crippen molar-refractivity contribution in [2.75, 3.05) is 40.0 Å². The molecule has 202 valence electrons. The van der Waals surface area contributed by atoms with E-state index in [1.54, 1.807) is 25.3 Å². The first-order chi connectivity index (χ1) is 18.6. The predicted molar refractivity (Wildman–Crippen MR) is 144 cm³/mol. The summed E-state index contributed by atoms with van der Waals surface area (Å²) in [6.45, 7) is 4.95. The Labute approximate surface area is 223 Å². The highest BCUT2D eigenvalue weighted by molar-refractivity contribution is 5.76. The molecule has 2 aromatic carbocycles. The van der Waals surface area contributed by atoms with Crippen molar-refractivity contribution >= 4 is 5.91 Å². The minimum atomic E-state index is -0.347. The number of carbonyl (C=O) groups is 1. The SMILES string of the molecule is CCOCCOc1ccc(-c2nnc(CCC(=O)N3CCC(Cc4ccccc4)CC3)c(=O)[nH]2)cc1OC. The standard InChI is InChI=1S/C29H36N4O5/c1-3-37-17-18-38-25-11-9-23(20-26(25)36-2)28-30-29(35)24(31-32-28)10-12-27(34)33-15-13-22(14-16-33)19-21-7-5-4-6-8-21/h4-9,11,20,22H,3,10,12-19H2,1-2H3,(H,30,32,35). The van der Waals surface area contributed by atoms with Crippen LogP contribution in [0.25, 0.3) is 11.4 Å². The van der Waals surface area contributed by atoms with Gasteiger partial charge in [-0.25, -0.2) is 0 Å². The highest BCUT2D eigenvalue weighted by atomic mass is 16.5. The summed E-state index contributed by atoms with van der Waals surface area (Å²) in [5.74, 6) is 2.06. The van der Waals surface area contributed by atoms with Crippen LogP contribution < -0.4 is 15.0 Å². The number of hydrogen-bond donors (Lipinski definition) is 1. The third kappa shape index (κ3) is 7.41. The second kappa shape index (κ2) is 13.7. The number of piperidine rings is 1. The minimum absolute atomic E-state index is 0.0538. The van der Waals surface area contributed by atoms with E-state index in [-0.39, 0.29) is 30.0 Å². The van der Waals surface area contributed by atoms with Crippen LogP contribution in [0.15, 0.2) is 53.3 Å². The lowest BCUT2D eigenvalue weighted by Gasteiger charge is -2.32. The maximum Gasteiger partial charge on any atom is 0.273 e. The molecule has 3 aromatic rings. The van der Waals surface area contributed by atoms with Crippen LogP contribution in [0.3, 0.4) is 0 Å². The lowest BCUT2D eigenvalue weighted by atomic mass is 9.90. The summed E-state index contributed by atoms with van der Waals surface area (Å²) in [6.07, 6.45) is 3.53. The van der Waals surface area contributed by atoms with Gasteiger partial charge in [-0.1, -0.05) is 30.3 Å². The van der Waals surface area contributed by atoms with Crippen LogP contribution in [-0.4, -0.2) is 66.0 Å². The molecule has 4 rings (SSSR count). The van der Waals surface area contributed by atoms with Gasteiger partial charge in [-0.3, -0.25) is 9.59 Å². The summed E-state index contributed by atoms with van der Waals surface area (Å²) in [7, 11) is 1.55. The topological polar surface area (TPSA) is 107 Å². The van der Waals surface area contributed by atoms with Gasteiger partial charge in [0.2, 0.25) is 5.91 Å². The highest BCUT2D eigenvalue weighted by Gasteiger charge is 2.23. The Morgan fingerprint density at radius 3 is 2.55 bits per heavy atom. The van der Waals surface area contributed by atoms with Crippen LogP contribution in [0.1, 0.15) is 37.4 Å². The summed E-state index contributed by atoms with van der Waals surface area (Å²) in [6, 6.07) is 15.8. The number of ether oxygens (including phenoxy) is 3. The van der Waals surface area contributed by atoms with Gasteiger partial charge in [0.25, 0.3) is 5.56 Å². The van der Waals surface area contributed by atoms with E-state index in [1.165, 1.54) is 5.56 Å². The van der Waals surface area contributed by atoms with E-state index in [0.717, 1.165) is 32.4 Å². The third-order valence-corrected chi connectivity index (χ3v) is 6.80. The van der Waals surface area contributed by atoms with E-state index in [4.69, 9.17) is 14.2 Å². The van der Waals surface area contributed by atoms with Gasteiger partial charge < -0.3 is 24.1 Å². The Morgan fingerprint density at radius 1 is 1.05 bits per heavy atom. The van der Waals surface area contributed by atoms with Crippen molar-refractivity contribution in [1.82, 2.24) is 20.1 Å². The molecule has 0 spiro atoms. The molecule has 1 fully saturated rings. The first-order valence-corrected chi connectivity index (χ1v) is 13.2. The Hall–Kier alpha value is -3.72. The fourth-order valence-corrected chi connectivity index (χ4v) is 4.66. The molecule has 0 unspecified atom stereocenters. The summed E-state index contributed by atoms with van der Waals surface area (Å²) >= 11 is 0. The zero-order chi connectivity index (χ0) is 26.7. The first kappa shape index (κ1) is 27.3. The molecule has 1 amide bonds. The molecule has 1 aliphatic heterocycles. The van der Waals surface area contributed by atoms with E-state index in [0.29, 0.717) is 48.6 Å². The van der Waals surface area contributed by atoms with E-state index >= 15 is 0 Å². The van der Waals surface area contributed by atoms with Crippen LogP contribution in [0, 0.1) is 5.92 Å². The molecular formula is C29H36N4O5. The molecule has 1 aliphatic rings.